The highest BCUT2D eigenvalue weighted by Crippen LogP contribution is 2.03. The van der Waals surface area contributed by atoms with E-state index in [1.165, 1.54) is 0 Å². The zero-order valence-corrected chi connectivity index (χ0v) is 19.3. The predicted molar refractivity (Wildman–Crippen MR) is 123 cm³/mol. The van der Waals surface area contributed by atoms with Crippen LogP contribution < -0.4 is 50.4 Å². The number of amides is 6. The van der Waals surface area contributed by atoms with Crippen LogP contribution in [0.25, 0.3) is 0 Å². The van der Waals surface area contributed by atoms with E-state index in [1.807, 2.05) is 0 Å². The van der Waals surface area contributed by atoms with Gasteiger partial charge >= 0.3 is 5.97 Å². The monoisotopic (exact) mass is 516 g/mol. The van der Waals surface area contributed by atoms with Gasteiger partial charge in [-0.3, -0.25) is 33.8 Å². The largest absolute Gasteiger partial charge is 0.480 e. The van der Waals surface area contributed by atoms with Gasteiger partial charge in [0.1, 0.15) is 18.1 Å². The molecule has 202 valence electrons. The Kier molecular flexibility index (Phi) is 13.5. The molecule has 4 unspecified atom stereocenters. The lowest BCUT2D eigenvalue weighted by Crippen LogP contribution is -2.58. The van der Waals surface area contributed by atoms with E-state index in [-0.39, 0.29) is 25.3 Å². The van der Waals surface area contributed by atoms with Crippen molar-refractivity contribution in [1.29, 1.82) is 0 Å². The van der Waals surface area contributed by atoms with E-state index in [0.29, 0.717) is 0 Å². The Labute approximate surface area is 204 Å². The third-order valence-corrected chi connectivity index (χ3v) is 4.39. The Bertz CT molecular complexity index is 889. The summed E-state index contributed by atoms with van der Waals surface area (Å²) in [6.07, 6.45) is -2.00. The summed E-state index contributed by atoms with van der Waals surface area (Å²) < 4.78 is 0. The molecule has 18 heteroatoms. The highest BCUT2D eigenvalue weighted by Gasteiger charge is 2.32. The molecule has 6 amide bonds. The molecule has 0 aromatic heterocycles. The fraction of sp³-hybridized carbons (Fsp3) is 0.556. The molecular weight excluding hydrogens is 484 g/mol. The minimum atomic E-state index is -1.68. The van der Waals surface area contributed by atoms with Gasteiger partial charge in [-0.05, 0) is 12.8 Å². The molecule has 18 nitrogen and oxygen atoms in total. The number of hydrogen-bond acceptors (Lipinski definition) is 9. The van der Waals surface area contributed by atoms with Crippen LogP contribution in [0.3, 0.4) is 0 Å². The van der Waals surface area contributed by atoms with Crippen molar-refractivity contribution in [2.75, 3.05) is 6.54 Å². The molecule has 0 fully saturated rings. The Hall–Kier alpha value is -4.48. The summed E-state index contributed by atoms with van der Waals surface area (Å²) in [5.74, 6) is -7.85. The average Bonchev–Trinajstić information content (AvgIpc) is 2.73. The fourth-order valence-electron chi connectivity index (χ4n) is 2.71. The zero-order valence-electron chi connectivity index (χ0n) is 19.3. The number of aliphatic imine (C=N–C) groups is 1. The van der Waals surface area contributed by atoms with E-state index in [1.54, 1.807) is 0 Å². The first-order chi connectivity index (χ1) is 16.6. The number of hydrogen-bond donors (Lipinski definition) is 10. The van der Waals surface area contributed by atoms with E-state index in [9.17, 15) is 38.7 Å². The molecule has 0 aromatic carbocycles. The second-order valence-electron chi connectivity index (χ2n) is 7.59. The minimum Gasteiger partial charge on any atom is -0.480 e. The minimum absolute atomic E-state index is 0.0792. The van der Waals surface area contributed by atoms with Crippen LogP contribution in [0.2, 0.25) is 0 Å². The van der Waals surface area contributed by atoms with Crippen molar-refractivity contribution in [2.24, 2.45) is 39.4 Å². The molecule has 0 saturated heterocycles. The van der Waals surface area contributed by atoms with Gasteiger partial charge in [-0.15, -0.1) is 0 Å². The van der Waals surface area contributed by atoms with Crippen LogP contribution in [0.15, 0.2) is 4.99 Å². The predicted octanol–water partition coefficient (Wildman–Crippen LogP) is -6.47. The summed E-state index contributed by atoms with van der Waals surface area (Å²) in [5.41, 5.74) is 31.0. The van der Waals surface area contributed by atoms with Gasteiger partial charge < -0.3 is 55.5 Å². The SMILES string of the molecule is NC(=O)CC(N)C(=O)NC(CC(N)=O)C(=O)NC(CC(N)=O)C(=O)NC(CCCN=C(N)N)C(=O)O. The third kappa shape index (κ3) is 13.3. The Balaban J connectivity index is 5.52. The lowest BCUT2D eigenvalue weighted by Gasteiger charge is -2.24. The van der Waals surface area contributed by atoms with Crippen LogP contribution in [0.5, 0.6) is 0 Å². The molecule has 0 bridgehead atoms. The van der Waals surface area contributed by atoms with Crippen molar-refractivity contribution in [3.63, 3.8) is 0 Å². The Morgan fingerprint density at radius 3 is 1.47 bits per heavy atom. The maximum atomic E-state index is 12.7. The van der Waals surface area contributed by atoms with Crippen molar-refractivity contribution in [3.05, 3.63) is 0 Å². The van der Waals surface area contributed by atoms with E-state index in [0.717, 1.165) is 0 Å². The van der Waals surface area contributed by atoms with Gasteiger partial charge in [-0.2, -0.15) is 0 Å². The molecule has 0 aliphatic carbocycles. The number of nitrogens with one attached hydrogen (secondary N) is 3. The van der Waals surface area contributed by atoms with Gasteiger partial charge in [-0.1, -0.05) is 0 Å². The maximum Gasteiger partial charge on any atom is 0.326 e. The van der Waals surface area contributed by atoms with Crippen molar-refractivity contribution < 1.29 is 38.7 Å². The van der Waals surface area contributed by atoms with Crippen LogP contribution >= 0.6 is 0 Å². The van der Waals surface area contributed by atoms with Gasteiger partial charge in [-0.25, -0.2) is 4.79 Å². The highest BCUT2D eigenvalue weighted by atomic mass is 16.4. The zero-order chi connectivity index (χ0) is 28.0. The molecule has 0 heterocycles. The second-order valence-corrected chi connectivity index (χ2v) is 7.59. The van der Waals surface area contributed by atoms with Crippen LogP contribution in [0.1, 0.15) is 32.1 Å². The number of carboxylic acids is 1. The van der Waals surface area contributed by atoms with Gasteiger partial charge in [0.15, 0.2) is 5.96 Å². The number of rotatable bonds is 17. The quantitative estimate of drug-likeness (QED) is 0.0492. The van der Waals surface area contributed by atoms with Crippen molar-refractivity contribution in [2.45, 2.75) is 56.3 Å². The van der Waals surface area contributed by atoms with E-state index >= 15 is 0 Å². The van der Waals surface area contributed by atoms with Crippen LogP contribution in [0, 0.1) is 0 Å². The molecule has 0 radical (unpaired) electrons. The van der Waals surface area contributed by atoms with Gasteiger partial charge in [0.05, 0.1) is 25.3 Å². The van der Waals surface area contributed by atoms with Crippen molar-refractivity contribution in [1.82, 2.24) is 16.0 Å². The Morgan fingerprint density at radius 2 is 1.08 bits per heavy atom. The topological polar surface area (TPSA) is 344 Å². The van der Waals surface area contributed by atoms with E-state index < -0.39 is 84.8 Å². The van der Waals surface area contributed by atoms with Gasteiger partial charge in [0.25, 0.3) is 0 Å². The van der Waals surface area contributed by atoms with Crippen LogP contribution in [-0.2, 0) is 33.6 Å². The molecule has 0 saturated carbocycles. The molecule has 4 atom stereocenters. The number of primary amides is 3. The smallest absolute Gasteiger partial charge is 0.326 e. The lowest BCUT2D eigenvalue weighted by molar-refractivity contribution is -0.142. The number of carbonyl (C=O) groups excluding carboxylic acids is 6. The molecule has 0 aromatic rings. The van der Waals surface area contributed by atoms with E-state index in [2.05, 4.69) is 20.9 Å². The summed E-state index contributed by atoms with van der Waals surface area (Å²) in [7, 11) is 0. The number of nitrogens with two attached hydrogens (primary N) is 6. The van der Waals surface area contributed by atoms with Crippen molar-refractivity contribution in [3.8, 4) is 0 Å². The highest BCUT2D eigenvalue weighted by molar-refractivity contribution is 5.98. The summed E-state index contributed by atoms with van der Waals surface area (Å²) >= 11 is 0. The number of carbonyl (C=O) groups is 7. The number of nitrogens with zero attached hydrogens (tertiary/aromatic N) is 1. The maximum absolute atomic E-state index is 12.7. The average molecular weight is 517 g/mol. The van der Waals surface area contributed by atoms with Crippen LogP contribution in [-0.4, -0.2) is 83.2 Å². The molecule has 0 aliphatic heterocycles. The fourth-order valence-corrected chi connectivity index (χ4v) is 2.71. The molecular formula is C18H32N10O8. The first-order valence-electron chi connectivity index (χ1n) is 10.4. The Morgan fingerprint density at radius 1 is 0.667 bits per heavy atom. The van der Waals surface area contributed by atoms with E-state index in [4.69, 9.17) is 34.4 Å². The molecule has 0 aliphatic rings. The van der Waals surface area contributed by atoms with Gasteiger partial charge in [0, 0.05) is 6.54 Å². The summed E-state index contributed by atoms with van der Waals surface area (Å²) in [4.78, 5) is 86.4. The first kappa shape index (κ1) is 31.5. The first-order valence-corrected chi connectivity index (χ1v) is 10.4. The standard InChI is InChI=1S/C18H32N10O8/c19-7(4-11(20)29)14(32)27-9(5-12(21)30)16(34)28-10(6-13(22)31)15(33)26-8(17(35)36)2-1-3-25-18(23)24/h7-10H,1-6,19H2,(H2,20,29)(H2,21,30)(H2,22,31)(H,26,33)(H,27,32)(H,28,34)(H,35,36)(H4,23,24,25). The molecule has 36 heavy (non-hydrogen) atoms. The summed E-state index contributed by atoms with van der Waals surface area (Å²) in [6, 6.07) is -6.23. The second kappa shape index (κ2) is 15.4. The third-order valence-electron chi connectivity index (χ3n) is 4.39. The number of guanidine groups is 1. The molecule has 0 rings (SSSR count). The molecule has 0 spiro atoms. The number of carboxylic acid groups (broad SMARTS) is 1. The molecule has 16 N–H and O–H groups in total. The summed E-state index contributed by atoms with van der Waals surface area (Å²) in [5, 5.41) is 15.7. The van der Waals surface area contributed by atoms with Gasteiger partial charge in [0.2, 0.25) is 35.4 Å². The van der Waals surface area contributed by atoms with Crippen molar-refractivity contribution >= 4 is 47.4 Å². The lowest BCUT2D eigenvalue weighted by atomic mass is 10.1. The van der Waals surface area contributed by atoms with Crippen LogP contribution in [0.4, 0.5) is 0 Å². The number of aliphatic carboxylic acids is 1. The normalized spacial score (nSPS) is 13.7. The summed E-state index contributed by atoms with van der Waals surface area (Å²) in [6.45, 7) is 0.0792.